The SMILES string of the molecule is C1=CCC(n2c3ccccc3c3ccc4sc5ccc(N(c6ccc(-c7ccccc7)cc6)c6ccc7c(c6)C6(c8ccccc8-c8ccccc86)c6ccccc6-7)cc5c4c32)C=C1. The van der Waals surface area contributed by atoms with E-state index in [4.69, 9.17) is 0 Å². The van der Waals surface area contributed by atoms with E-state index >= 15 is 0 Å². The molecule has 3 heteroatoms. The number of hydrogen-bond acceptors (Lipinski definition) is 2. The molecule has 9 aromatic carbocycles. The van der Waals surface area contributed by atoms with Crippen LogP contribution in [0.25, 0.3) is 75.4 Å². The van der Waals surface area contributed by atoms with E-state index in [1.165, 1.54) is 97.6 Å². The topological polar surface area (TPSA) is 8.17 Å². The molecule has 0 aliphatic heterocycles. The van der Waals surface area contributed by atoms with Gasteiger partial charge in [0.25, 0.3) is 0 Å². The first kappa shape index (κ1) is 35.8. The molecule has 2 nitrogen and oxygen atoms in total. The Balaban J connectivity index is 1.03. The average Bonchev–Trinajstić information content (AvgIpc) is 4.08. The van der Waals surface area contributed by atoms with Gasteiger partial charge in [-0.25, -0.2) is 0 Å². The molecule has 3 aliphatic rings. The van der Waals surface area contributed by atoms with Crippen LogP contribution in [-0.2, 0) is 5.41 Å². The molecule has 11 aromatic rings. The average molecular weight is 833 g/mol. The van der Waals surface area contributed by atoms with Gasteiger partial charge in [0.15, 0.2) is 0 Å². The third-order valence-corrected chi connectivity index (χ3v) is 15.4. The molecule has 0 amide bonds. The van der Waals surface area contributed by atoms with E-state index in [0.29, 0.717) is 0 Å². The summed E-state index contributed by atoms with van der Waals surface area (Å²) in [6.45, 7) is 0. The van der Waals surface area contributed by atoms with Crippen LogP contribution in [0.5, 0.6) is 0 Å². The highest BCUT2D eigenvalue weighted by Crippen LogP contribution is 2.63. The number of allylic oxidation sites excluding steroid dienone is 4. The van der Waals surface area contributed by atoms with Gasteiger partial charge >= 0.3 is 0 Å². The zero-order chi connectivity index (χ0) is 41.9. The second kappa shape index (κ2) is 13.6. The van der Waals surface area contributed by atoms with Crippen LogP contribution in [0.2, 0.25) is 0 Å². The molecule has 0 radical (unpaired) electrons. The van der Waals surface area contributed by atoms with Crippen molar-refractivity contribution in [3.8, 4) is 33.4 Å². The van der Waals surface area contributed by atoms with Crippen LogP contribution >= 0.6 is 11.3 Å². The fourth-order valence-corrected chi connectivity index (χ4v) is 12.8. The zero-order valence-electron chi connectivity index (χ0n) is 34.9. The van der Waals surface area contributed by atoms with Crippen LogP contribution in [0.15, 0.2) is 224 Å². The Hall–Kier alpha value is -7.72. The lowest BCUT2D eigenvalue weighted by molar-refractivity contribution is 0.649. The maximum atomic E-state index is 2.61. The number of anilines is 3. The molecule has 300 valence electrons. The summed E-state index contributed by atoms with van der Waals surface area (Å²) in [6, 6.07) is 75.4. The Labute approximate surface area is 375 Å². The lowest BCUT2D eigenvalue weighted by Crippen LogP contribution is -2.26. The Morgan fingerprint density at radius 3 is 1.77 bits per heavy atom. The number of aromatic nitrogens is 1. The summed E-state index contributed by atoms with van der Waals surface area (Å²) in [5, 5.41) is 5.24. The van der Waals surface area contributed by atoms with Crippen molar-refractivity contribution < 1.29 is 0 Å². The number of para-hydroxylation sites is 1. The summed E-state index contributed by atoms with van der Waals surface area (Å²) >= 11 is 1.90. The van der Waals surface area contributed by atoms with Crippen molar-refractivity contribution in [1.82, 2.24) is 4.57 Å². The minimum atomic E-state index is -0.437. The second-order valence-corrected chi connectivity index (χ2v) is 18.6. The first-order chi connectivity index (χ1) is 31.8. The number of rotatable bonds is 5. The van der Waals surface area contributed by atoms with Crippen molar-refractivity contribution in [3.63, 3.8) is 0 Å². The second-order valence-electron chi connectivity index (χ2n) is 17.5. The molecule has 0 N–H and O–H groups in total. The molecular formula is C61H40N2S. The summed E-state index contributed by atoms with van der Waals surface area (Å²) in [5.74, 6) is 0. The highest BCUT2D eigenvalue weighted by Gasteiger charge is 2.51. The number of fused-ring (bicyclic) bond motifs is 17. The van der Waals surface area contributed by atoms with Gasteiger partial charge in [-0.3, -0.25) is 0 Å². The number of benzene rings is 9. The van der Waals surface area contributed by atoms with Crippen LogP contribution in [0.1, 0.15) is 34.7 Å². The van der Waals surface area contributed by atoms with Crippen molar-refractivity contribution in [2.75, 3.05) is 4.90 Å². The first-order valence-electron chi connectivity index (χ1n) is 22.4. The maximum absolute atomic E-state index is 2.61. The van der Waals surface area contributed by atoms with Gasteiger partial charge in [0.2, 0.25) is 0 Å². The Morgan fingerprint density at radius 1 is 0.453 bits per heavy atom. The molecule has 64 heavy (non-hydrogen) atoms. The number of thiophene rings is 1. The van der Waals surface area contributed by atoms with E-state index < -0.39 is 5.41 Å². The molecule has 14 rings (SSSR count). The van der Waals surface area contributed by atoms with E-state index in [1.54, 1.807) is 0 Å². The molecule has 0 saturated carbocycles. The van der Waals surface area contributed by atoms with E-state index in [0.717, 1.165) is 23.5 Å². The summed E-state index contributed by atoms with van der Waals surface area (Å²) < 4.78 is 5.22. The molecule has 1 atom stereocenters. The fraction of sp³-hybridized carbons (Fsp3) is 0.0492. The van der Waals surface area contributed by atoms with Gasteiger partial charge in [-0.15, -0.1) is 11.3 Å². The smallest absolute Gasteiger partial charge is 0.0726 e. The van der Waals surface area contributed by atoms with Gasteiger partial charge in [-0.2, -0.15) is 0 Å². The van der Waals surface area contributed by atoms with Crippen LogP contribution in [0.4, 0.5) is 17.1 Å². The maximum Gasteiger partial charge on any atom is 0.0726 e. The Morgan fingerprint density at radius 2 is 1.05 bits per heavy atom. The quantitative estimate of drug-likeness (QED) is 0.168. The van der Waals surface area contributed by atoms with E-state index in [9.17, 15) is 0 Å². The predicted molar refractivity (Wildman–Crippen MR) is 271 cm³/mol. The third-order valence-electron chi connectivity index (χ3n) is 14.3. The van der Waals surface area contributed by atoms with Crippen molar-refractivity contribution >= 4 is 70.4 Å². The van der Waals surface area contributed by atoms with Gasteiger partial charge < -0.3 is 9.47 Å². The summed E-state index contributed by atoms with van der Waals surface area (Å²) in [4.78, 5) is 2.49. The van der Waals surface area contributed by atoms with Crippen LogP contribution < -0.4 is 4.90 Å². The first-order valence-corrected chi connectivity index (χ1v) is 23.2. The standard InChI is InChI=1S/C61H40N2S/c1-3-15-39(16-4-1)40-27-29-42(30-28-40)62(44-31-33-48-47-21-9-13-25-54(47)61(55(48)38-44)52-23-11-7-19-45(52)46-20-8-12-24-53(46)61)43-32-35-57-51(37-43)59-58(64-57)36-34-50-49-22-10-14-26-56(49)63(60(50)59)41-17-5-2-6-18-41/h1-17,19-38,41H,18H2. The fourth-order valence-electron chi connectivity index (χ4n) is 11.7. The molecule has 2 aromatic heterocycles. The molecule has 0 bridgehead atoms. The third kappa shape index (κ3) is 4.90. The van der Waals surface area contributed by atoms with Gasteiger partial charge in [0.05, 0.1) is 17.0 Å². The molecule has 2 heterocycles. The number of hydrogen-bond donors (Lipinski definition) is 0. The van der Waals surface area contributed by atoms with Crippen molar-refractivity contribution in [2.24, 2.45) is 0 Å². The van der Waals surface area contributed by atoms with Gasteiger partial charge in [-0.05, 0) is 117 Å². The van der Waals surface area contributed by atoms with E-state index in [1.807, 2.05) is 11.3 Å². The molecule has 0 saturated heterocycles. The zero-order valence-corrected chi connectivity index (χ0v) is 35.8. The van der Waals surface area contributed by atoms with E-state index in [2.05, 4.69) is 234 Å². The lowest BCUT2D eigenvalue weighted by atomic mass is 9.70. The molecule has 3 aliphatic carbocycles. The van der Waals surface area contributed by atoms with Gasteiger partial charge in [-0.1, -0.05) is 170 Å². The minimum absolute atomic E-state index is 0.240. The summed E-state index contributed by atoms with van der Waals surface area (Å²) in [5.41, 5.74) is 18.6. The lowest BCUT2D eigenvalue weighted by Gasteiger charge is -2.32. The highest BCUT2D eigenvalue weighted by atomic mass is 32.1. The highest BCUT2D eigenvalue weighted by molar-refractivity contribution is 7.26. The minimum Gasteiger partial charge on any atom is -0.333 e. The van der Waals surface area contributed by atoms with Crippen molar-refractivity contribution in [2.45, 2.75) is 17.9 Å². The van der Waals surface area contributed by atoms with Crippen LogP contribution in [0, 0.1) is 0 Å². The molecule has 1 spiro atoms. The van der Waals surface area contributed by atoms with Gasteiger partial charge in [0, 0.05) is 53.5 Å². The Kier molecular flexibility index (Phi) is 7.64. The summed E-state index contributed by atoms with van der Waals surface area (Å²) in [6.07, 6.45) is 10.0. The van der Waals surface area contributed by atoms with E-state index in [-0.39, 0.29) is 6.04 Å². The largest absolute Gasteiger partial charge is 0.333 e. The number of nitrogens with zero attached hydrogens (tertiary/aromatic N) is 2. The summed E-state index contributed by atoms with van der Waals surface area (Å²) in [7, 11) is 0. The normalized spacial score (nSPS) is 15.3. The predicted octanol–water partition coefficient (Wildman–Crippen LogP) is 16.7. The Bertz CT molecular complexity index is 3710. The molecular weight excluding hydrogens is 793 g/mol. The van der Waals surface area contributed by atoms with Crippen molar-refractivity contribution in [3.05, 3.63) is 247 Å². The molecule has 1 unspecified atom stereocenters. The van der Waals surface area contributed by atoms with Gasteiger partial charge in [0.1, 0.15) is 0 Å². The van der Waals surface area contributed by atoms with Crippen LogP contribution in [-0.4, -0.2) is 4.57 Å². The molecule has 0 fully saturated rings. The van der Waals surface area contributed by atoms with Crippen molar-refractivity contribution in [1.29, 1.82) is 0 Å². The monoisotopic (exact) mass is 832 g/mol. The van der Waals surface area contributed by atoms with Crippen LogP contribution in [0.3, 0.4) is 0 Å².